The minimum atomic E-state index is -0.201. The van der Waals surface area contributed by atoms with Gasteiger partial charge in [0.05, 0.1) is 6.61 Å². The zero-order valence-corrected chi connectivity index (χ0v) is 12.1. The summed E-state index contributed by atoms with van der Waals surface area (Å²) in [4.78, 5) is 11.7. The number of hydrogen-bond donors (Lipinski definition) is 2. The highest BCUT2D eigenvalue weighted by Crippen LogP contribution is 2.10. The summed E-state index contributed by atoms with van der Waals surface area (Å²) in [5, 5.41) is 12.3. The molecule has 0 aromatic heterocycles. The molecule has 0 saturated heterocycles. The largest absolute Gasteiger partial charge is 0.465 e. The zero-order chi connectivity index (χ0) is 13.8. The van der Waals surface area contributed by atoms with E-state index in [2.05, 4.69) is 19.2 Å². The maximum absolute atomic E-state index is 11.7. The van der Waals surface area contributed by atoms with Crippen molar-refractivity contribution in [2.24, 2.45) is 5.92 Å². The van der Waals surface area contributed by atoms with Crippen molar-refractivity contribution in [1.82, 2.24) is 5.32 Å². The summed E-state index contributed by atoms with van der Waals surface area (Å²) < 4.78 is 5.06. The van der Waals surface area contributed by atoms with Gasteiger partial charge in [0.2, 0.25) is 0 Å². The van der Waals surface area contributed by atoms with Gasteiger partial charge in [-0.05, 0) is 38.6 Å². The number of carbonyl (C=O) groups is 1. The topological polar surface area (TPSA) is 58.6 Å². The molecule has 0 spiro atoms. The van der Waals surface area contributed by atoms with Crippen molar-refractivity contribution in [3.63, 3.8) is 0 Å². The van der Waals surface area contributed by atoms with Crippen LogP contribution in [0.3, 0.4) is 0 Å². The van der Waals surface area contributed by atoms with Crippen LogP contribution >= 0.6 is 0 Å². The average Bonchev–Trinajstić information content (AvgIpc) is 2.35. The summed E-state index contributed by atoms with van der Waals surface area (Å²) in [7, 11) is 0. The van der Waals surface area contributed by atoms with Gasteiger partial charge in [-0.2, -0.15) is 0 Å². The Hall–Kier alpha value is -0.610. The van der Waals surface area contributed by atoms with Crippen molar-refractivity contribution in [2.75, 3.05) is 19.8 Å². The lowest BCUT2D eigenvalue weighted by atomic mass is 9.99. The van der Waals surface area contributed by atoms with Gasteiger partial charge in [-0.25, -0.2) is 0 Å². The van der Waals surface area contributed by atoms with E-state index in [1.54, 1.807) is 0 Å². The van der Waals surface area contributed by atoms with Crippen LogP contribution in [0.4, 0.5) is 0 Å². The van der Waals surface area contributed by atoms with Crippen LogP contribution in [0.2, 0.25) is 0 Å². The first kappa shape index (κ1) is 17.4. The number of aliphatic hydroxyl groups is 1. The van der Waals surface area contributed by atoms with E-state index in [1.807, 2.05) is 6.92 Å². The van der Waals surface area contributed by atoms with Gasteiger partial charge in [-0.3, -0.25) is 4.79 Å². The molecule has 0 aliphatic carbocycles. The Bertz CT molecular complexity index is 203. The van der Waals surface area contributed by atoms with E-state index in [-0.39, 0.29) is 18.6 Å². The fraction of sp³-hybridized carbons (Fsp3) is 0.929. The highest BCUT2D eigenvalue weighted by molar-refractivity contribution is 5.75. The Morgan fingerprint density at radius 3 is 2.33 bits per heavy atom. The fourth-order valence-electron chi connectivity index (χ4n) is 2.08. The van der Waals surface area contributed by atoms with Crippen LogP contribution in [0.25, 0.3) is 0 Å². The average molecular weight is 259 g/mol. The second kappa shape index (κ2) is 11.5. The third-order valence-corrected chi connectivity index (χ3v) is 3.04. The molecule has 0 fully saturated rings. The molecular formula is C14H29NO3. The molecule has 2 unspecified atom stereocenters. The number of aliphatic hydroxyl groups excluding tert-OH is 1. The zero-order valence-electron chi connectivity index (χ0n) is 12.1. The molecule has 2 N–H and O–H groups in total. The molecule has 108 valence electrons. The van der Waals surface area contributed by atoms with Crippen molar-refractivity contribution < 1.29 is 14.6 Å². The van der Waals surface area contributed by atoms with Crippen LogP contribution in [0.15, 0.2) is 0 Å². The van der Waals surface area contributed by atoms with Gasteiger partial charge < -0.3 is 15.2 Å². The molecule has 0 saturated carbocycles. The molecule has 0 aromatic carbocycles. The second-order valence-electron chi connectivity index (χ2n) is 4.67. The number of carbonyl (C=O) groups excluding carboxylic acids is 1. The summed E-state index contributed by atoms with van der Waals surface area (Å²) in [5.41, 5.74) is 0. The van der Waals surface area contributed by atoms with Gasteiger partial charge in [-0.15, -0.1) is 0 Å². The number of rotatable bonds is 11. The molecule has 2 atom stereocenters. The monoisotopic (exact) mass is 259 g/mol. The Labute approximate surface area is 111 Å². The maximum atomic E-state index is 11.7. The molecule has 0 aromatic rings. The van der Waals surface area contributed by atoms with Crippen LogP contribution in [0.1, 0.15) is 52.9 Å². The lowest BCUT2D eigenvalue weighted by molar-refractivity contribution is -0.145. The highest BCUT2D eigenvalue weighted by atomic mass is 16.5. The van der Waals surface area contributed by atoms with Gasteiger partial charge in [0, 0.05) is 6.61 Å². The van der Waals surface area contributed by atoms with Gasteiger partial charge in [0.15, 0.2) is 0 Å². The lowest BCUT2D eigenvalue weighted by Crippen LogP contribution is -2.40. The number of ether oxygens (including phenoxy) is 1. The van der Waals surface area contributed by atoms with Crippen molar-refractivity contribution >= 4 is 5.97 Å². The van der Waals surface area contributed by atoms with E-state index in [4.69, 9.17) is 9.84 Å². The lowest BCUT2D eigenvalue weighted by Gasteiger charge is -2.21. The molecule has 0 aliphatic heterocycles. The molecule has 0 rings (SSSR count). The fourth-order valence-corrected chi connectivity index (χ4v) is 2.08. The van der Waals surface area contributed by atoms with E-state index in [0.29, 0.717) is 12.5 Å². The summed E-state index contributed by atoms with van der Waals surface area (Å²) in [5.74, 6) is 0.285. The summed E-state index contributed by atoms with van der Waals surface area (Å²) >= 11 is 0. The van der Waals surface area contributed by atoms with Crippen LogP contribution in [0, 0.1) is 5.92 Å². The van der Waals surface area contributed by atoms with E-state index < -0.39 is 0 Å². The highest BCUT2D eigenvalue weighted by Gasteiger charge is 2.19. The molecule has 0 radical (unpaired) electrons. The maximum Gasteiger partial charge on any atom is 0.323 e. The van der Waals surface area contributed by atoms with Crippen molar-refractivity contribution in [3.8, 4) is 0 Å². The predicted molar refractivity (Wildman–Crippen MR) is 73.4 cm³/mol. The quantitative estimate of drug-likeness (QED) is 0.558. The third-order valence-electron chi connectivity index (χ3n) is 3.04. The molecular weight excluding hydrogens is 230 g/mol. The summed E-state index contributed by atoms with van der Waals surface area (Å²) in [6, 6.07) is -0.201. The van der Waals surface area contributed by atoms with E-state index in [0.717, 1.165) is 38.6 Å². The standard InChI is InChI=1S/C14H29NO3/c1-4-7-12(9-10-16)11-15-13(8-5-2)14(17)18-6-3/h12-13,15-16H,4-11H2,1-3H3. The van der Waals surface area contributed by atoms with Gasteiger partial charge in [0.25, 0.3) is 0 Å². The van der Waals surface area contributed by atoms with E-state index in [9.17, 15) is 4.79 Å². The first-order valence-electron chi connectivity index (χ1n) is 7.20. The minimum Gasteiger partial charge on any atom is -0.465 e. The van der Waals surface area contributed by atoms with Crippen LogP contribution in [-0.4, -0.2) is 36.9 Å². The Morgan fingerprint density at radius 1 is 1.17 bits per heavy atom. The first-order chi connectivity index (χ1) is 8.69. The number of esters is 1. The SMILES string of the molecule is CCCC(CCO)CNC(CCC)C(=O)OCC. The smallest absolute Gasteiger partial charge is 0.323 e. The molecule has 4 heteroatoms. The predicted octanol–water partition coefficient (Wildman–Crippen LogP) is 2.11. The minimum absolute atomic E-state index is 0.154. The van der Waals surface area contributed by atoms with Crippen molar-refractivity contribution in [1.29, 1.82) is 0 Å². The van der Waals surface area contributed by atoms with Crippen LogP contribution < -0.4 is 5.32 Å². The van der Waals surface area contributed by atoms with Crippen molar-refractivity contribution in [3.05, 3.63) is 0 Å². The van der Waals surface area contributed by atoms with Crippen molar-refractivity contribution in [2.45, 2.75) is 58.9 Å². The molecule has 0 heterocycles. The normalized spacial score (nSPS) is 14.2. The first-order valence-corrected chi connectivity index (χ1v) is 7.20. The van der Waals surface area contributed by atoms with Gasteiger partial charge in [-0.1, -0.05) is 26.7 Å². The summed E-state index contributed by atoms with van der Waals surface area (Å²) in [6.07, 6.45) is 4.73. The second-order valence-corrected chi connectivity index (χ2v) is 4.67. The number of hydrogen-bond acceptors (Lipinski definition) is 4. The summed E-state index contributed by atoms with van der Waals surface area (Å²) in [6.45, 7) is 7.44. The van der Waals surface area contributed by atoms with E-state index >= 15 is 0 Å². The molecule has 4 nitrogen and oxygen atoms in total. The van der Waals surface area contributed by atoms with Gasteiger partial charge >= 0.3 is 5.97 Å². The molecule has 18 heavy (non-hydrogen) atoms. The number of nitrogens with one attached hydrogen (secondary N) is 1. The molecule has 0 bridgehead atoms. The Morgan fingerprint density at radius 2 is 1.83 bits per heavy atom. The third kappa shape index (κ3) is 7.67. The van der Waals surface area contributed by atoms with E-state index in [1.165, 1.54) is 0 Å². The van der Waals surface area contributed by atoms with Gasteiger partial charge in [0.1, 0.15) is 6.04 Å². The van der Waals surface area contributed by atoms with Crippen LogP contribution in [0.5, 0.6) is 0 Å². The Balaban J connectivity index is 4.16. The molecule has 0 aliphatic rings. The Kier molecular flexibility index (Phi) is 11.1. The van der Waals surface area contributed by atoms with Crippen LogP contribution in [-0.2, 0) is 9.53 Å². The molecule has 0 amide bonds.